The lowest BCUT2D eigenvalue weighted by Crippen LogP contribution is -2.12. The summed E-state index contributed by atoms with van der Waals surface area (Å²) in [5.41, 5.74) is 1.52. The first-order chi connectivity index (χ1) is 15.7. The first kappa shape index (κ1) is 23.9. The predicted octanol–water partition coefficient (Wildman–Crippen LogP) is 7.18. The average Bonchev–Trinajstić information content (AvgIpc) is 3.26. The molecule has 0 spiro atoms. The zero-order valence-corrected chi connectivity index (χ0v) is 20.1. The third-order valence-electron chi connectivity index (χ3n) is 4.98. The Morgan fingerprint density at radius 3 is 2.73 bits per heavy atom. The molecule has 0 atom stereocenters. The van der Waals surface area contributed by atoms with Gasteiger partial charge < -0.3 is 0 Å². The Bertz CT molecular complexity index is 1300. The van der Waals surface area contributed by atoms with E-state index in [0.29, 0.717) is 16.1 Å². The molecule has 0 saturated heterocycles. The minimum absolute atomic E-state index is 0.0322. The molecule has 1 aliphatic heterocycles. The van der Waals surface area contributed by atoms with Gasteiger partial charge in [-0.25, -0.2) is 0 Å². The van der Waals surface area contributed by atoms with E-state index in [0.717, 1.165) is 33.6 Å². The fourth-order valence-electron chi connectivity index (χ4n) is 3.47. The van der Waals surface area contributed by atoms with Crippen LogP contribution >= 0.6 is 35.1 Å². The van der Waals surface area contributed by atoms with Crippen LogP contribution in [0.3, 0.4) is 0 Å². The molecule has 0 aliphatic carbocycles. The van der Waals surface area contributed by atoms with Crippen LogP contribution in [0.1, 0.15) is 35.7 Å². The molecular weight excluding hydrogens is 491 g/mol. The number of carbonyl (C=O) groups is 1. The molecule has 1 aliphatic rings. The van der Waals surface area contributed by atoms with E-state index in [2.05, 4.69) is 17.0 Å². The topological polar surface area (TPSA) is 47.2 Å². The number of nitrogens with zero attached hydrogens (tertiary/aromatic N) is 3. The number of rotatable bonds is 5. The van der Waals surface area contributed by atoms with Gasteiger partial charge in [0, 0.05) is 10.4 Å². The molecule has 2 heterocycles. The van der Waals surface area contributed by atoms with Crippen molar-refractivity contribution in [3.05, 3.63) is 68.7 Å². The molecule has 1 amide bonds. The highest BCUT2D eigenvalue weighted by molar-refractivity contribution is 8.41. The van der Waals surface area contributed by atoms with Gasteiger partial charge in [0.2, 0.25) is 0 Å². The van der Waals surface area contributed by atoms with Crippen molar-refractivity contribution < 1.29 is 18.0 Å². The van der Waals surface area contributed by atoms with E-state index in [1.807, 2.05) is 18.2 Å². The van der Waals surface area contributed by atoms with Gasteiger partial charge in [0.1, 0.15) is 4.38 Å². The molecule has 33 heavy (non-hydrogen) atoms. The summed E-state index contributed by atoms with van der Waals surface area (Å²) in [4.78, 5) is 16.9. The number of carbonyl (C=O) groups excluding carboxylic acids is 1. The van der Waals surface area contributed by atoms with Crippen LogP contribution in [0.5, 0.6) is 0 Å². The molecule has 0 bridgehead atoms. The van der Waals surface area contributed by atoms with E-state index < -0.39 is 11.7 Å². The Hall–Kier alpha value is -2.23. The maximum absolute atomic E-state index is 13.5. The number of amides is 1. The summed E-state index contributed by atoms with van der Waals surface area (Å²) in [6.07, 6.45) is -1.73. The summed E-state index contributed by atoms with van der Waals surface area (Å²) in [6.45, 7) is 3.83. The van der Waals surface area contributed by atoms with Crippen molar-refractivity contribution in [3.8, 4) is 0 Å². The normalized spacial score (nSPS) is 15.6. The van der Waals surface area contributed by atoms with E-state index >= 15 is 0 Å². The zero-order chi connectivity index (χ0) is 23.8. The number of alkyl halides is 3. The van der Waals surface area contributed by atoms with Crippen LogP contribution in [-0.2, 0) is 17.5 Å². The van der Waals surface area contributed by atoms with E-state index in [-0.39, 0.29) is 23.0 Å². The fourth-order valence-corrected chi connectivity index (χ4v) is 5.57. The van der Waals surface area contributed by atoms with Crippen LogP contribution < -0.4 is 0 Å². The molecule has 0 radical (unpaired) electrons. The van der Waals surface area contributed by atoms with E-state index in [9.17, 15) is 18.0 Å². The SMILES string of the molecule is CCCSC1=NC(=O)C(=Cc2ccc3c(c2)c(C)nn3Cc2ccc(Cl)cc2C(F)(F)F)S1. The molecule has 0 N–H and O–H groups in total. The number of hydrogen-bond donors (Lipinski definition) is 0. The van der Waals surface area contributed by atoms with Crippen molar-refractivity contribution in [2.45, 2.75) is 33.0 Å². The Kier molecular flexibility index (Phi) is 6.93. The van der Waals surface area contributed by atoms with Crippen molar-refractivity contribution in [1.29, 1.82) is 0 Å². The summed E-state index contributed by atoms with van der Waals surface area (Å²) in [5, 5.41) is 5.30. The Balaban J connectivity index is 1.63. The van der Waals surface area contributed by atoms with Crippen molar-refractivity contribution in [2.75, 3.05) is 5.75 Å². The quantitative estimate of drug-likeness (QED) is 0.342. The van der Waals surface area contributed by atoms with Crippen LogP contribution in [-0.4, -0.2) is 25.8 Å². The van der Waals surface area contributed by atoms with Gasteiger partial charge in [-0.1, -0.05) is 54.2 Å². The predicted molar refractivity (Wildman–Crippen MR) is 131 cm³/mol. The number of fused-ring (bicyclic) bond motifs is 1. The standard InChI is InChI=1S/C23H19ClF3N3OS2/c1-3-8-32-22-28-21(31)20(33-22)10-14-4-7-19-17(9-14)13(2)29-30(19)12-15-5-6-16(24)11-18(15)23(25,26)27/h4-7,9-11H,3,8,12H2,1-2H3. The smallest absolute Gasteiger partial charge is 0.266 e. The molecule has 1 aromatic heterocycles. The van der Waals surface area contributed by atoms with E-state index in [1.54, 1.807) is 29.4 Å². The third-order valence-corrected chi connectivity index (χ3v) is 7.55. The van der Waals surface area contributed by atoms with Gasteiger partial charge in [0.25, 0.3) is 5.91 Å². The highest BCUT2D eigenvalue weighted by Gasteiger charge is 2.33. The van der Waals surface area contributed by atoms with Gasteiger partial charge in [0.05, 0.1) is 28.2 Å². The van der Waals surface area contributed by atoms with Gasteiger partial charge in [-0.2, -0.15) is 23.3 Å². The minimum Gasteiger partial charge on any atom is -0.266 e. The number of benzene rings is 2. The first-order valence-electron chi connectivity index (χ1n) is 10.1. The number of halogens is 4. The highest BCUT2D eigenvalue weighted by atomic mass is 35.5. The molecule has 2 aromatic carbocycles. The van der Waals surface area contributed by atoms with Gasteiger partial charge in [0.15, 0.2) is 0 Å². The highest BCUT2D eigenvalue weighted by Crippen LogP contribution is 2.36. The second-order valence-corrected chi connectivity index (χ2v) is 10.3. The number of aryl methyl sites for hydroxylation is 1. The summed E-state index contributed by atoms with van der Waals surface area (Å²) in [7, 11) is 0. The van der Waals surface area contributed by atoms with Gasteiger partial charge >= 0.3 is 6.18 Å². The largest absolute Gasteiger partial charge is 0.416 e. The summed E-state index contributed by atoms with van der Waals surface area (Å²) < 4.78 is 42.8. The summed E-state index contributed by atoms with van der Waals surface area (Å²) >= 11 is 8.72. The van der Waals surface area contributed by atoms with Gasteiger partial charge in [-0.3, -0.25) is 9.48 Å². The van der Waals surface area contributed by atoms with Crippen molar-refractivity contribution >= 4 is 62.4 Å². The molecule has 0 saturated carbocycles. The van der Waals surface area contributed by atoms with E-state index in [1.165, 1.54) is 23.9 Å². The van der Waals surface area contributed by atoms with E-state index in [4.69, 9.17) is 11.6 Å². The van der Waals surface area contributed by atoms with Crippen molar-refractivity contribution in [3.63, 3.8) is 0 Å². The van der Waals surface area contributed by atoms with Crippen molar-refractivity contribution in [2.24, 2.45) is 4.99 Å². The molecule has 0 fully saturated rings. The van der Waals surface area contributed by atoms with Crippen LogP contribution in [0.4, 0.5) is 13.2 Å². The molecule has 3 aromatic rings. The monoisotopic (exact) mass is 509 g/mol. The number of hydrogen-bond acceptors (Lipinski definition) is 4. The Labute approximate surface area is 202 Å². The lowest BCUT2D eigenvalue weighted by atomic mass is 10.1. The number of thioether (sulfide) groups is 2. The summed E-state index contributed by atoms with van der Waals surface area (Å²) in [5.74, 6) is 0.647. The molecule has 4 rings (SSSR count). The average molecular weight is 510 g/mol. The Morgan fingerprint density at radius 1 is 1.21 bits per heavy atom. The molecule has 0 unspecified atom stereocenters. The second kappa shape index (κ2) is 9.56. The molecule has 10 heteroatoms. The lowest BCUT2D eigenvalue weighted by molar-refractivity contribution is -0.138. The van der Waals surface area contributed by atoms with Gasteiger partial charge in [-0.05, 0) is 60.6 Å². The second-order valence-electron chi connectivity index (χ2n) is 7.46. The molecular formula is C23H19ClF3N3OS2. The lowest BCUT2D eigenvalue weighted by Gasteiger charge is -2.14. The van der Waals surface area contributed by atoms with Crippen LogP contribution in [0, 0.1) is 6.92 Å². The van der Waals surface area contributed by atoms with Crippen LogP contribution in [0.25, 0.3) is 17.0 Å². The molecule has 4 nitrogen and oxygen atoms in total. The number of aromatic nitrogens is 2. The minimum atomic E-state index is -4.51. The first-order valence-corrected chi connectivity index (χ1v) is 12.3. The van der Waals surface area contributed by atoms with Crippen LogP contribution in [0.15, 0.2) is 46.3 Å². The maximum atomic E-state index is 13.5. The van der Waals surface area contributed by atoms with Crippen molar-refractivity contribution in [1.82, 2.24) is 9.78 Å². The maximum Gasteiger partial charge on any atom is 0.416 e. The Morgan fingerprint density at radius 2 is 2.00 bits per heavy atom. The third kappa shape index (κ3) is 5.31. The van der Waals surface area contributed by atoms with Crippen LogP contribution in [0.2, 0.25) is 5.02 Å². The van der Waals surface area contributed by atoms with Gasteiger partial charge in [-0.15, -0.1) is 0 Å². The molecule has 172 valence electrons. The number of aliphatic imine (C=N–C) groups is 1. The zero-order valence-electron chi connectivity index (χ0n) is 17.7. The summed E-state index contributed by atoms with van der Waals surface area (Å²) in [6, 6.07) is 9.28. The fraction of sp³-hybridized carbons (Fsp3) is 0.261.